The fraction of sp³-hybridized carbons (Fsp3) is 0.235. The molecule has 0 aromatic carbocycles. The van der Waals surface area contributed by atoms with Gasteiger partial charge in [0.05, 0.1) is 0 Å². The first-order valence-electron chi connectivity index (χ1n) is 7.45. The summed E-state index contributed by atoms with van der Waals surface area (Å²) in [5, 5.41) is 2.85. The summed E-state index contributed by atoms with van der Waals surface area (Å²) in [6.45, 7) is 4.41. The summed E-state index contributed by atoms with van der Waals surface area (Å²) < 4.78 is 3.39. The van der Waals surface area contributed by atoms with E-state index in [0.29, 0.717) is 24.5 Å². The van der Waals surface area contributed by atoms with Crippen molar-refractivity contribution in [3.8, 4) is 0 Å². The Hall–Kier alpha value is -2.89. The Balaban J connectivity index is 1.70. The minimum absolute atomic E-state index is 0.165. The van der Waals surface area contributed by atoms with Crippen LogP contribution in [0.3, 0.4) is 0 Å². The highest BCUT2D eigenvalue weighted by Crippen LogP contribution is 2.09. The lowest BCUT2D eigenvalue weighted by atomic mass is 10.3. The Morgan fingerprint density at radius 2 is 2.04 bits per heavy atom. The van der Waals surface area contributed by atoms with Crippen molar-refractivity contribution in [1.82, 2.24) is 19.3 Å². The Morgan fingerprint density at radius 1 is 1.22 bits per heavy atom. The van der Waals surface area contributed by atoms with Gasteiger partial charge in [-0.25, -0.2) is 4.79 Å². The van der Waals surface area contributed by atoms with Gasteiger partial charge in [0.1, 0.15) is 5.69 Å². The molecule has 1 amide bonds. The number of aromatic nitrogens is 3. The van der Waals surface area contributed by atoms with E-state index in [2.05, 4.69) is 10.3 Å². The average molecular weight is 310 g/mol. The molecule has 6 nitrogen and oxygen atoms in total. The molecule has 3 aromatic heterocycles. The second-order valence-corrected chi connectivity index (χ2v) is 5.44. The van der Waals surface area contributed by atoms with Crippen molar-refractivity contribution in [3.05, 3.63) is 70.2 Å². The van der Waals surface area contributed by atoms with Gasteiger partial charge in [-0.05, 0) is 44.2 Å². The topological polar surface area (TPSA) is 68.4 Å². The Bertz CT molecular complexity index is 924. The molecule has 0 aliphatic carbocycles. The number of hydrogen-bond donors (Lipinski definition) is 1. The van der Waals surface area contributed by atoms with E-state index < -0.39 is 0 Å². The molecule has 0 fully saturated rings. The van der Waals surface area contributed by atoms with E-state index in [9.17, 15) is 9.59 Å². The van der Waals surface area contributed by atoms with Gasteiger partial charge < -0.3 is 9.72 Å². The highest BCUT2D eigenvalue weighted by molar-refractivity contribution is 5.93. The van der Waals surface area contributed by atoms with Crippen LogP contribution in [0.4, 0.5) is 0 Å². The molecule has 3 rings (SSSR count). The monoisotopic (exact) mass is 310 g/mol. The van der Waals surface area contributed by atoms with Crippen molar-refractivity contribution in [2.24, 2.45) is 0 Å². The van der Waals surface area contributed by atoms with Crippen LogP contribution in [0.15, 0.2) is 47.4 Å². The van der Waals surface area contributed by atoms with Gasteiger partial charge in [-0.1, -0.05) is 6.07 Å². The van der Waals surface area contributed by atoms with Crippen LogP contribution in [0.1, 0.15) is 21.9 Å². The van der Waals surface area contributed by atoms with Crippen LogP contribution in [-0.4, -0.2) is 26.4 Å². The van der Waals surface area contributed by atoms with E-state index in [4.69, 9.17) is 0 Å². The first-order valence-corrected chi connectivity index (χ1v) is 7.45. The zero-order valence-electron chi connectivity index (χ0n) is 13.1. The van der Waals surface area contributed by atoms with Gasteiger partial charge in [-0.3, -0.25) is 9.36 Å². The molecule has 0 aliphatic heterocycles. The van der Waals surface area contributed by atoms with E-state index in [1.807, 2.05) is 47.9 Å². The van der Waals surface area contributed by atoms with Crippen molar-refractivity contribution in [1.29, 1.82) is 0 Å². The van der Waals surface area contributed by atoms with E-state index in [1.54, 1.807) is 17.6 Å². The molecule has 1 N–H and O–H groups in total. The van der Waals surface area contributed by atoms with E-state index in [1.165, 1.54) is 0 Å². The fourth-order valence-corrected chi connectivity index (χ4v) is 2.66. The number of nitrogens with one attached hydrogen (secondary N) is 1. The van der Waals surface area contributed by atoms with Crippen molar-refractivity contribution in [2.45, 2.75) is 20.4 Å². The zero-order valence-corrected chi connectivity index (χ0v) is 13.1. The molecule has 23 heavy (non-hydrogen) atoms. The normalized spacial score (nSPS) is 10.9. The smallest absolute Gasteiger partial charge is 0.348 e. The van der Waals surface area contributed by atoms with Crippen LogP contribution < -0.4 is 11.0 Å². The van der Waals surface area contributed by atoms with Gasteiger partial charge in [0.15, 0.2) is 0 Å². The number of rotatable bonds is 4. The molecule has 3 aromatic rings. The summed E-state index contributed by atoms with van der Waals surface area (Å²) in [6.07, 6.45) is 1.85. The first kappa shape index (κ1) is 15.0. The maximum atomic E-state index is 12.3. The lowest BCUT2D eigenvalue weighted by Crippen LogP contribution is -2.33. The largest absolute Gasteiger partial charge is 0.349 e. The third kappa shape index (κ3) is 3.01. The van der Waals surface area contributed by atoms with Crippen LogP contribution in [0, 0.1) is 13.8 Å². The Kier molecular flexibility index (Phi) is 3.97. The van der Waals surface area contributed by atoms with Gasteiger partial charge >= 0.3 is 5.69 Å². The number of carbonyl (C=O) groups is 1. The highest BCUT2D eigenvalue weighted by Gasteiger charge is 2.10. The number of pyridine rings is 1. The predicted molar refractivity (Wildman–Crippen MR) is 87.7 cm³/mol. The van der Waals surface area contributed by atoms with Crippen molar-refractivity contribution >= 4 is 11.4 Å². The van der Waals surface area contributed by atoms with Gasteiger partial charge in [-0.2, -0.15) is 4.98 Å². The van der Waals surface area contributed by atoms with E-state index in [-0.39, 0.29) is 11.6 Å². The summed E-state index contributed by atoms with van der Waals surface area (Å²) in [5.41, 5.74) is 2.79. The van der Waals surface area contributed by atoms with Crippen LogP contribution in [-0.2, 0) is 6.54 Å². The second kappa shape index (κ2) is 6.08. The second-order valence-electron chi connectivity index (χ2n) is 5.44. The molecule has 0 unspecified atom stereocenters. The third-order valence-electron chi connectivity index (χ3n) is 3.76. The SMILES string of the molecule is Cc1cc(C)n(CCNC(=O)c2ccc3ccccn23)c(=O)n1. The van der Waals surface area contributed by atoms with E-state index in [0.717, 1.165) is 11.2 Å². The Labute approximate surface area is 133 Å². The molecule has 0 bridgehead atoms. The summed E-state index contributed by atoms with van der Waals surface area (Å²) in [7, 11) is 0. The van der Waals surface area contributed by atoms with Crippen molar-refractivity contribution in [2.75, 3.05) is 6.54 Å². The van der Waals surface area contributed by atoms with Crippen molar-refractivity contribution < 1.29 is 4.79 Å². The number of aryl methyl sites for hydroxylation is 2. The number of nitrogens with zero attached hydrogens (tertiary/aromatic N) is 3. The fourth-order valence-electron chi connectivity index (χ4n) is 2.66. The Morgan fingerprint density at radius 3 is 2.83 bits per heavy atom. The van der Waals surface area contributed by atoms with Gasteiger partial charge in [0.25, 0.3) is 5.91 Å². The van der Waals surface area contributed by atoms with Crippen LogP contribution in [0.5, 0.6) is 0 Å². The van der Waals surface area contributed by atoms with Crippen LogP contribution in [0.25, 0.3) is 5.52 Å². The molecule has 0 aliphatic rings. The predicted octanol–water partition coefficient (Wildman–Crippen LogP) is 1.54. The van der Waals surface area contributed by atoms with Gasteiger partial charge in [-0.15, -0.1) is 0 Å². The van der Waals surface area contributed by atoms with Crippen LogP contribution >= 0.6 is 0 Å². The quantitative estimate of drug-likeness (QED) is 0.795. The number of carbonyl (C=O) groups excluding carboxylic acids is 1. The molecule has 118 valence electrons. The van der Waals surface area contributed by atoms with Gasteiger partial charge in [0.2, 0.25) is 0 Å². The first-order chi connectivity index (χ1) is 11.1. The zero-order chi connectivity index (χ0) is 16.4. The lowest BCUT2D eigenvalue weighted by Gasteiger charge is -2.10. The summed E-state index contributed by atoms with van der Waals surface area (Å²) >= 11 is 0. The number of amides is 1. The molecular weight excluding hydrogens is 292 g/mol. The highest BCUT2D eigenvalue weighted by atomic mass is 16.2. The molecule has 0 saturated carbocycles. The van der Waals surface area contributed by atoms with Gasteiger partial charge in [0, 0.05) is 36.2 Å². The summed E-state index contributed by atoms with van der Waals surface area (Å²) in [5.74, 6) is -0.165. The summed E-state index contributed by atoms with van der Waals surface area (Å²) in [6, 6.07) is 11.3. The standard InChI is InChI=1S/C17H18N4O2/c1-12-11-13(2)20(17(23)19-12)10-8-18-16(22)15-7-6-14-5-3-4-9-21(14)15/h3-7,9,11H,8,10H2,1-2H3,(H,18,22). The number of hydrogen-bond acceptors (Lipinski definition) is 3. The minimum Gasteiger partial charge on any atom is -0.349 e. The molecular formula is C17H18N4O2. The number of fused-ring (bicyclic) bond motifs is 1. The van der Waals surface area contributed by atoms with E-state index >= 15 is 0 Å². The van der Waals surface area contributed by atoms with Crippen LogP contribution in [0.2, 0.25) is 0 Å². The van der Waals surface area contributed by atoms with Crippen molar-refractivity contribution in [3.63, 3.8) is 0 Å². The molecule has 0 spiro atoms. The molecule has 0 atom stereocenters. The third-order valence-corrected chi connectivity index (χ3v) is 3.76. The molecule has 6 heteroatoms. The maximum absolute atomic E-state index is 12.3. The molecule has 0 saturated heterocycles. The minimum atomic E-state index is -0.287. The lowest BCUT2D eigenvalue weighted by molar-refractivity contribution is 0.0946. The molecule has 0 radical (unpaired) electrons. The summed E-state index contributed by atoms with van der Waals surface area (Å²) in [4.78, 5) is 28.1. The average Bonchev–Trinajstić information content (AvgIpc) is 2.93. The molecule has 3 heterocycles. The maximum Gasteiger partial charge on any atom is 0.348 e.